The second-order valence-corrected chi connectivity index (χ2v) is 9.98. The Balaban J connectivity index is 1.82. The number of benzene rings is 1. The number of aromatic nitrogens is 1. The van der Waals surface area contributed by atoms with Gasteiger partial charge in [0, 0.05) is 17.0 Å². The average molecular weight is 463 g/mol. The van der Waals surface area contributed by atoms with Crippen LogP contribution in [0.5, 0.6) is 0 Å². The molecule has 180 valence electrons. The van der Waals surface area contributed by atoms with E-state index in [-0.39, 0.29) is 23.7 Å². The molecule has 3 amide bonds. The fourth-order valence-electron chi connectivity index (χ4n) is 5.67. The van der Waals surface area contributed by atoms with Gasteiger partial charge in [0.1, 0.15) is 17.6 Å². The molecule has 1 saturated heterocycles. The molecule has 4 rings (SSSR count). The summed E-state index contributed by atoms with van der Waals surface area (Å²) < 4.78 is 0. The third-order valence-electron chi connectivity index (χ3n) is 7.80. The van der Waals surface area contributed by atoms with E-state index in [4.69, 9.17) is 5.73 Å². The third kappa shape index (κ3) is 3.77. The van der Waals surface area contributed by atoms with Gasteiger partial charge in [0.05, 0.1) is 0 Å². The van der Waals surface area contributed by atoms with E-state index in [9.17, 15) is 14.4 Å². The molecule has 1 aliphatic carbocycles. The van der Waals surface area contributed by atoms with Crippen LogP contribution in [0.15, 0.2) is 36.4 Å². The molecule has 7 nitrogen and oxygen atoms in total. The molecule has 1 aliphatic heterocycles. The van der Waals surface area contributed by atoms with Crippen LogP contribution in [-0.4, -0.2) is 39.7 Å². The highest BCUT2D eigenvalue weighted by atomic mass is 16.2. The lowest BCUT2D eigenvalue weighted by Gasteiger charge is -2.50. The molecule has 0 unspecified atom stereocenters. The Labute approximate surface area is 201 Å². The number of hydrogen-bond acceptors (Lipinski definition) is 4. The lowest BCUT2D eigenvalue weighted by molar-refractivity contribution is -0.165. The van der Waals surface area contributed by atoms with E-state index < -0.39 is 23.5 Å². The van der Waals surface area contributed by atoms with Crippen molar-refractivity contribution >= 4 is 17.7 Å². The van der Waals surface area contributed by atoms with Gasteiger partial charge in [-0.2, -0.15) is 0 Å². The SMILES string of the molecule is CC[C@H](C)[C@@H]1C(=O)N[C@H](C2Cc3ccccc3C2)C(=O)N1[C@@](C)(C(N)=O)c1ccc(C)nc1C. The largest absolute Gasteiger partial charge is 0.367 e. The number of nitrogens with one attached hydrogen (secondary N) is 1. The minimum atomic E-state index is -1.52. The third-order valence-corrected chi connectivity index (χ3v) is 7.80. The molecule has 3 N–H and O–H groups in total. The quantitative estimate of drug-likeness (QED) is 0.688. The summed E-state index contributed by atoms with van der Waals surface area (Å²) in [6, 6.07) is 10.2. The molecule has 1 fully saturated rings. The lowest BCUT2D eigenvalue weighted by atomic mass is 9.80. The summed E-state index contributed by atoms with van der Waals surface area (Å²) in [6.45, 7) is 9.23. The highest BCUT2D eigenvalue weighted by molar-refractivity contribution is 6.01. The van der Waals surface area contributed by atoms with Crippen molar-refractivity contribution in [2.45, 2.75) is 71.5 Å². The molecule has 7 heteroatoms. The Bertz CT molecular complexity index is 1120. The topological polar surface area (TPSA) is 105 Å². The molecular formula is C27H34N4O3. The van der Waals surface area contributed by atoms with Crippen LogP contribution in [0.2, 0.25) is 0 Å². The van der Waals surface area contributed by atoms with Crippen molar-refractivity contribution in [3.8, 4) is 0 Å². The van der Waals surface area contributed by atoms with Crippen LogP contribution in [0.4, 0.5) is 0 Å². The Hall–Kier alpha value is -3.22. The van der Waals surface area contributed by atoms with Gasteiger partial charge in [-0.3, -0.25) is 19.4 Å². The van der Waals surface area contributed by atoms with Gasteiger partial charge in [0.2, 0.25) is 17.7 Å². The molecule has 1 aromatic heterocycles. The molecule has 4 atom stereocenters. The summed E-state index contributed by atoms with van der Waals surface area (Å²) >= 11 is 0. The number of rotatable bonds is 6. The summed E-state index contributed by atoms with van der Waals surface area (Å²) in [6.07, 6.45) is 2.07. The lowest BCUT2D eigenvalue weighted by Crippen LogP contribution is -2.73. The van der Waals surface area contributed by atoms with E-state index in [2.05, 4.69) is 22.4 Å². The minimum absolute atomic E-state index is 0.0800. The van der Waals surface area contributed by atoms with Gasteiger partial charge in [-0.15, -0.1) is 0 Å². The molecule has 2 heterocycles. The van der Waals surface area contributed by atoms with E-state index in [1.54, 1.807) is 26.0 Å². The van der Waals surface area contributed by atoms with E-state index in [0.29, 0.717) is 30.5 Å². The van der Waals surface area contributed by atoms with Gasteiger partial charge in [0.15, 0.2) is 0 Å². The van der Waals surface area contributed by atoms with Crippen LogP contribution in [0, 0.1) is 25.7 Å². The fourth-order valence-corrected chi connectivity index (χ4v) is 5.67. The van der Waals surface area contributed by atoms with Crippen LogP contribution in [0.1, 0.15) is 55.3 Å². The zero-order valence-corrected chi connectivity index (χ0v) is 20.6. The van der Waals surface area contributed by atoms with Gasteiger partial charge in [-0.25, -0.2) is 0 Å². The van der Waals surface area contributed by atoms with Crippen molar-refractivity contribution in [2.75, 3.05) is 0 Å². The number of piperazine rings is 1. The first-order valence-corrected chi connectivity index (χ1v) is 12.0. The summed E-state index contributed by atoms with van der Waals surface area (Å²) in [5.41, 5.74) is 8.87. The molecule has 0 saturated carbocycles. The van der Waals surface area contributed by atoms with Crippen LogP contribution in [-0.2, 0) is 32.8 Å². The second kappa shape index (κ2) is 8.85. The molecule has 0 radical (unpaired) electrons. The van der Waals surface area contributed by atoms with E-state index in [1.807, 2.05) is 32.9 Å². The maximum Gasteiger partial charge on any atom is 0.247 e. The first-order chi connectivity index (χ1) is 16.1. The van der Waals surface area contributed by atoms with Crippen molar-refractivity contribution < 1.29 is 14.4 Å². The summed E-state index contributed by atoms with van der Waals surface area (Å²) in [5.74, 6) is -1.41. The number of amides is 3. The normalized spacial score (nSPS) is 23.3. The standard InChI is InChI=1S/C27H34N4O3/c1-6-15(2)23-24(32)30-22(20-13-18-9-7-8-10-19(18)14-20)25(33)31(23)27(5,26(28)34)21-12-11-16(3)29-17(21)4/h7-12,15,20,22-23H,6,13-14H2,1-5H3,(H2,28,34)(H,30,32)/t15-,22+,23+,27+/m0/s1. The number of nitrogens with zero attached hydrogens (tertiary/aromatic N) is 2. The van der Waals surface area contributed by atoms with Crippen molar-refractivity contribution in [3.05, 3.63) is 64.5 Å². The maximum atomic E-state index is 14.2. The smallest absolute Gasteiger partial charge is 0.247 e. The first-order valence-electron chi connectivity index (χ1n) is 12.0. The Kier molecular flexibility index (Phi) is 6.23. The summed E-state index contributed by atoms with van der Waals surface area (Å²) in [5, 5.41) is 3.03. The van der Waals surface area contributed by atoms with E-state index in [1.165, 1.54) is 16.0 Å². The summed E-state index contributed by atoms with van der Waals surface area (Å²) in [7, 11) is 0. The zero-order chi connectivity index (χ0) is 24.8. The number of hydrogen-bond donors (Lipinski definition) is 2. The Morgan fingerprint density at radius 3 is 2.32 bits per heavy atom. The van der Waals surface area contributed by atoms with Gasteiger partial charge in [-0.05, 0) is 62.6 Å². The Morgan fingerprint density at radius 2 is 1.79 bits per heavy atom. The van der Waals surface area contributed by atoms with E-state index in [0.717, 1.165) is 5.69 Å². The predicted octanol–water partition coefficient (Wildman–Crippen LogP) is 2.56. The van der Waals surface area contributed by atoms with Gasteiger partial charge in [0.25, 0.3) is 0 Å². The van der Waals surface area contributed by atoms with Crippen LogP contribution >= 0.6 is 0 Å². The number of aryl methyl sites for hydroxylation is 2. The van der Waals surface area contributed by atoms with Gasteiger partial charge >= 0.3 is 0 Å². The number of primary amides is 1. The maximum absolute atomic E-state index is 14.2. The number of carbonyl (C=O) groups is 3. The van der Waals surface area contributed by atoms with Crippen molar-refractivity contribution in [1.29, 1.82) is 0 Å². The van der Waals surface area contributed by atoms with Gasteiger partial charge < -0.3 is 16.0 Å². The molecule has 0 spiro atoms. The van der Waals surface area contributed by atoms with E-state index >= 15 is 0 Å². The fraction of sp³-hybridized carbons (Fsp3) is 0.481. The van der Waals surface area contributed by atoms with Crippen molar-refractivity contribution in [3.63, 3.8) is 0 Å². The molecule has 1 aromatic carbocycles. The summed E-state index contributed by atoms with van der Waals surface area (Å²) in [4.78, 5) is 46.9. The number of pyridine rings is 1. The zero-order valence-electron chi connectivity index (χ0n) is 20.6. The first kappa shape index (κ1) is 23.9. The highest BCUT2D eigenvalue weighted by Gasteiger charge is 2.55. The number of carbonyl (C=O) groups excluding carboxylic acids is 3. The van der Waals surface area contributed by atoms with Crippen molar-refractivity contribution in [2.24, 2.45) is 17.6 Å². The second-order valence-electron chi connectivity index (χ2n) is 9.98. The molecule has 0 bridgehead atoms. The number of nitrogens with two attached hydrogens (primary N) is 1. The van der Waals surface area contributed by atoms with Crippen LogP contribution in [0.3, 0.4) is 0 Å². The highest BCUT2D eigenvalue weighted by Crippen LogP contribution is 2.39. The molecule has 34 heavy (non-hydrogen) atoms. The van der Waals surface area contributed by atoms with Crippen molar-refractivity contribution in [1.82, 2.24) is 15.2 Å². The van der Waals surface area contributed by atoms with Crippen LogP contribution in [0.25, 0.3) is 0 Å². The predicted molar refractivity (Wildman–Crippen MR) is 130 cm³/mol. The number of fused-ring (bicyclic) bond motifs is 1. The minimum Gasteiger partial charge on any atom is -0.367 e. The van der Waals surface area contributed by atoms with Crippen LogP contribution < -0.4 is 11.1 Å². The molecule has 2 aromatic rings. The van der Waals surface area contributed by atoms with Gasteiger partial charge in [-0.1, -0.05) is 50.6 Å². The average Bonchev–Trinajstić information content (AvgIpc) is 3.23. The molecular weight excluding hydrogens is 428 g/mol. The Morgan fingerprint density at radius 1 is 1.18 bits per heavy atom. The monoisotopic (exact) mass is 462 g/mol. The molecule has 2 aliphatic rings.